The number of piperidine rings is 1. The number of hydrogen-bond donors (Lipinski definition) is 1. The Bertz CT molecular complexity index is 124. The lowest BCUT2D eigenvalue weighted by Crippen LogP contribution is -2.38. The summed E-state index contributed by atoms with van der Waals surface area (Å²) in [4.78, 5) is 2.38. The maximum absolute atomic E-state index is 3.38. The highest BCUT2D eigenvalue weighted by molar-refractivity contribution is 4.83. The van der Waals surface area contributed by atoms with Crippen LogP contribution >= 0.6 is 0 Å². The van der Waals surface area contributed by atoms with Crippen molar-refractivity contribution in [3.63, 3.8) is 0 Å². The van der Waals surface area contributed by atoms with E-state index in [1.54, 1.807) is 0 Å². The molecule has 1 aliphatic rings. The zero-order valence-electron chi connectivity index (χ0n) is 7.51. The van der Waals surface area contributed by atoms with Crippen LogP contribution in [0.25, 0.3) is 0 Å². The molecule has 0 saturated carbocycles. The van der Waals surface area contributed by atoms with E-state index in [-0.39, 0.29) is 0 Å². The fourth-order valence-corrected chi connectivity index (χ4v) is 1.41. The summed E-state index contributed by atoms with van der Waals surface area (Å²) in [6.45, 7) is 4.51. The van der Waals surface area contributed by atoms with Crippen LogP contribution in [0.4, 0.5) is 0 Å². The lowest BCUT2D eigenvalue weighted by molar-refractivity contribution is 0.244. The van der Waals surface area contributed by atoms with E-state index >= 15 is 0 Å². The molecular weight excluding hydrogens is 136 g/mol. The molecule has 1 aliphatic heterocycles. The second-order valence-electron chi connectivity index (χ2n) is 3.24. The summed E-state index contributed by atoms with van der Waals surface area (Å²) in [6.07, 6.45) is 6.66. The monoisotopic (exact) mass is 154 g/mol. The molecule has 0 unspecified atom stereocenters. The molecule has 2 heteroatoms. The quantitative estimate of drug-likeness (QED) is 0.643. The minimum Gasteiger partial charge on any atom is -0.388 e. The minimum atomic E-state index is 0.711. The van der Waals surface area contributed by atoms with Gasteiger partial charge in [0.05, 0.1) is 0 Å². The molecule has 0 aromatic carbocycles. The third-order valence-electron chi connectivity index (χ3n) is 2.22. The second-order valence-corrected chi connectivity index (χ2v) is 3.24. The Morgan fingerprint density at radius 3 is 2.55 bits per heavy atom. The first-order valence-electron chi connectivity index (χ1n) is 4.38. The molecule has 1 N–H and O–H groups in total. The summed E-state index contributed by atoms with van der Waals surface area (Å²) in [6, 6.07) is 0.711. The molecule has 1 fully saturated rings. The molecule has 11 heavy (non-hydrogen) atoms. The predicted molar refractivity (Wildman–Crippen MR) is 48.5 cm³/mol. The van der Waals surface area contributed by atoms with Crippen molar-refractivity contribution in [2.75, 3.05) is 20.1 Å². The summed E-state index contributed by atoms with van der Waals surface area (Å²) in [5.41, 5.74) is 0. The van der Waals surface area contributed by atoms with E-state index in [0.29, 0.717) is 6.04 Å². The lowest BCUT2D eigenvalue weighted by Gasteiger charge is -2.28. The maximum atomic E-state index is 3.38. The molecule has 1 rings (SSSR count). The van der Waals surface area contributed by atoms with Crippen LogP contribution in [-0.4, -0.2) is 31.1 Å². The molecule has 64 valence electrons. The first-order chi connectivity index (χ1) is 5.33. The SMILES string of the molecule is C/C=C/NC1CCN(C)CC1. The van der Waals surface area contributed by atoms with Gasteiger partial charge in [0.1, 0.15) is 0 Å². The molecule has 2 nitrogen and oxygen atoms in total. The number of rotatable bonds is 2. The zero-order valence-corrected chi connectivity index (χ0v) is 7.51. The fourth-order valence-electron chi connectivity index (χ4n) is 1.41. The van der Waals surface area contributed by atoms with E-state index in [0.717, 1.165) is 0 Å². The molecule has 0 aromatic rings. The average Bonchev–Trinajstić information content (AvgIpc) is 2.04. The Morgan fingerprint density at radius 2 is 2.00 bits per heavy atom. The molecule has 0 aliphatic carbocycles. The standard InChI is InChI=1S/C9H18N2/c1-3-6-10-9-4-7-11(2)8-5-9/h3,6,9-10H,4-5,7-8H2,1-2H3/b6-3+. The molecule has 0 amide bonds. The number of likely N-dealkylation sites (tertiary alicyclic amines) is 1. The van der Waals surface area contributed by atoms with Gasteiger partial charge in [-0.05, 0) is 46.1 Å². The van der Waals surface area contributed by atoms with Crippen LogP contribution in [0.2, 0.25) is 0 Å². The molecule has 1 heterocycles. The van der Waals surface area contributed by atoms with Crippen LogP contribution in [0.5, 0.6) is 0 Å². The zero-order chi connectivity index (χ0) is 8.10. The van der Waals surface area contributed by atoms with Crippen molar-refractivity contribution in [2.45, 2.75) is 25.8 Å². The van der Waals surface area contributed by atoms with Gasteiger partial charge in [0, 0.05) is 6.04 Å². The van der Waals surface area contributed by atoms with Crippen molar-refractivity contribution in [3.8, 4) is 0 Å². The van der Waals surface area contributed by atoms with Gasteiger partial charge in [-0.25, -0.2) is 0 Å². The van der Waals surface area contributed by atoms with Crippen LogP contribution in [0.15, 0.2) is 12.3 Å². The van der Waals surface area contributed by atoms with Crippen molar-refractivity contribution in [2.24, 2.45) is 0 Å². The Labute approximate surface area is 69.3 Å². The molecule has 0 spiro atoms. The molecule has 0 bridgehead atoms. The third-order valence-corrected chi connectivity index (χ3v) is 2.22. The van der Waals surface area contributed by atoms with Gasteiger partial charge in [0.25, 0.3) is 0 Å². The number of nitrogens with one attached hydrogen (secondary N) is 1. The van der Waals surface area contributed by atoms with E-state index < -0.39 is 0 Å². The van der Waals surface area contributed by atoms with Crippen LogP contribution < -0.4 is 5.32 Å². The van der Waals surface area contributed by atoms with Crippen molar-refractivity contribution in [3.05, 3.63) is 12.3 Å². The first kappa shape index (κ1) is 8.60. The van der Waals surface area contributed by atoms with Crippen molar-refractivity contribution in [1.82, 2.24) is 10.2 Å². The lowest BCUT2D eigenvalue weighted by atomic mass is 10.1. The number of nitrogens with zero attached hydrogens (tertiary/aromatic N) is 1. The Kier molecular flexibility index (Phi) is 3.43. The Hall–Kier alpha value is -0.500. The smallest absolute Gasteiger partial charge is 0.0280 e. The molecule has 0 atom stereocenters. The van der Waals surface area contributed by atoms with Gasteiger partial charge in [-0.1, -0.05) is 6.08 Å². The van der Waals surface area contributed by atoms with Gasteiger partial charge in [-0.3, -0.25) is 0 Å². The third kappa shape index (κ3) is 2.93. The highest BCUT2D eigenvalue weighted by atomic mass is 15.1. The van der Waals surface area contributed by atoms with E-state index in [2.05, 4.69) is 29.5 Å². The molecule has 1 saturated heterocycles. The Morgan fingerprint density at radius 1 is 1.36 bits per heavy atom. The van der Waals surface area contributed by atoms with E-state index in [4.69, 9.17) is 0 Å². The highest BCUT2D eigenvalue weighted by Gasteiger charge is 2.14. The summed E-state index contributed by atoms with van der Waals surface area (Å²) < 4.78 is 0. The van der Waals surface area contributed by atoms with E-state index in [1.165, 1.54) is 25.9 Å². The number of hydrogen-bond acceptors (Lipinski definition) is 2. The van der Waals surface area contributed by atoms with Gasteiger partial charge in [0.2, 0.25) is 0 Å². The van der Waals surface area contributed by atoms with Crippen LogP contribution in [-0.2, 0) is 0 Å². The summed E-state index contributed by atoms with van der Waals surface area (Å²) in [5.74, 6) is 0. The largest absolute Gasteiger partial charge is 0.388 e. The minimum absolute atomic E-state index is 0.711. The maximum Gasteiger partial charge on any atom is 0.0280 e. The van der Waals surface area contributed by atoms with E-state index in [1.807, 2.05) is 6.92 Å². The van der Waals surface area contributed by atoms with Crippen LogP contribution in [0.3, 0.4) is 0 Å². The van der Waals surface area contributed by atoms with Crippen molar-refractivity contribution < 1.29 is 0 Å². The van der Waals surface area contributed by atoms with Gasteiger partial charge in [0.15, 0.2) is 0 Å². The van der Waals surface area contributed by atoms with Gasteiger partial charge in [-0.15, -0.1) is 0 Å². The molecule has 0 radical (unpaired) electrons. The van der Waals surface area contributed by atoms with Crippen molar-refractivity contribution >= 4 is 0 Å². The predicted octanol–water partition coefficient (Wildman–Crippen LogP) is 1.20. The summed E-state index contributed by atoms with van der Waals surface area (Å²) in [7, 11) is 2.19. The van der Waals surface area contributed by atoms with Crippen LogP contribution in [0.1, 0.15) is 19.8 Å². The second kappa shape index (κ2) is 4.39. The normalized spacial score (nSPS) is 22.7. The van der Waals surface area contributed by atoms with Gasteiger partial charge < -0.3 is 10.2 Å². The highest BCUT2D eigenvalue weighted by Crippen LogP contribution is 2.07. The molecule has 0 aromatic heterocycles. The Balaban J connectivity index is 2.17. The summed E-state index contributed by atoms with van der Waals surface area (Å²) in [5, 5.41) is 3.38. The first-order valence-corrected chi connectivity index (χ1v) is 4.38. The fraction of sp³-hybridized carbons (Fsp3) is 0.778. The van der Waals surface area contributed by atoms with Gasteiger partial charge in [-0.2, -0.15) is 0 Å². The van der Waals surface area contributed by atoms with Crippen LogP contribution in [0, 0.1) is 0 Å². The molecular formula is C9H18N2. The van der Waals surface area contributed by atoms with Crippen molar-refractivity contribution in [1.29, 1.82) is 0 Å². The summed E-state index contributed by atoms with van der Waals surface area (Å²) >= 11 is 0. The average molecular weight is 154 g/mol. The van der Waals surface area contributed by atoms with E-state index in [9.17, 15) is 0 Å². The van der Waals surface area contributed by atoms with Gasteiger partial charge >= 0.3 is 0 Å². The topological polar surface area (TPSA) is 15.3 Å². The number of allylic oxidation sites excluding steroid dienone is 1.